The smallest absolute Gasteiger partial charge is 0.237 e. The van der Waals surface area contributed by atoms with Gasteiger partial charge in [-0.15, -0.1) is 10.2 Å². The molecule has 0 spiro atoms. The van der Waals surface area contributed by atoms with Crippen LogP contribution in [0.15, 0.2) is 65.8 Å². The molecule has 1 heterocycles. The molecule has 0 saturated heterocycles. The minimum Gasteiger partial charge on any atom is -0.315 e. The van der Waals surface area contributed by atoms with Crippen molar-refractivity contribution < 1.29 is 13.2 Å². The predicted octanol–water partition coefficient (Wildman–Crippen LogP) is 2.54. The van der Waals surface area contributed by atoms with Gasteiger partial charge >= 0.3 is 0 Å². The third kappa shape index (κ3) is 5.19. The standard InChI is InChI=1S/C20H23N5O3S2/c1-23(16-10-6-4-7-11-16)19(26)15-29-20-22-21-18(24(20)2)14-25(30(3,27)28)17-12-8-5-9-13-17/h4-13H,14-15H2,1-3H3. The Bertz CT molecular complexity index is 1100. The summed E-state index contributed by atoms with van der Waals surface area (Å²) < 4.78 is 27.6. The van der Waals surface area contributed by atoms with Gasteiger partial charge in [-0.2, -0.15) is 0 Å². The van der Waals surface area contributed by atoms with E-state index in [2.05, 4.69) is 10.2 Å². The zero-order valence-corrected chi connectivity index (χ0v) is 18.6. The maximum atomic E-state index is 12.5. The van der Waals surface area contributed by atoms with Gasteiger partial charge < -0.3 is 9.47 Å². The normalized spacial score (nSPS) is 11.3. The van der Waals surface area contributed by atoms with Crippen LogP contribution in [0.4, 0.5) is 11.4 Å². The molecular weight excluding hydrogens is 422 g/mol. The van der Waals surface area contributed by atoms with Crippen molar-refractivity contribution in [1.82, 2.24) is 14.8 Å². The van der Waals surface area contributed by atoms with Crippen molar-refractivity contribution in [3.8, 4) is 0 Å². The fourth-order valence-corrected chi connectivity index (χ4v) is 4.45. The van der Waals surface area contributed by atoms with E-state index >= 15 is 0 Å². The molecule has 1 amide bonds. The second-order valence-electron chi connectivity index (χ2n) is 6.64. The molecule has 0 fully saturated rings. The fraction of sp³-hybridized carbons (Fsp3) is 0.250. The van der Waals surface area contributed by atoms with Gasteiger partial charge in [0.05, 0.1) is 24.2 Å². The van der Waals surface area contributed by atoms with Crippen LogP contribution in [0.5, 0.6) is 0 Å². The summed E-state index contributed by atoms with van der Waals surface area (Å²) in [5, 5.41) is 8.81. The number of carbonyl (C=O) groups excluding carboxylic acids is 1. The molecule has 0 atom stereocenters. The summed E-state index contributed by atoms with van der Waals surface area (Å²) in [5.41, 5.74) is 1.37. The van der Waals surface area contributed by atoms with Gasteiger partial charge in [-0.1, -0.05) is 48.2 Å². The lowest BCUT2D eigenvalue weighted by Gasteiger charge is -2.21. The number of amides is 1. The van der Waals surface area contributed by atoms with Crippen LogP contribution in [0.2, 0.25) is 0 Å². The number of para-hydroxylation sites is 2. The van der Waals surface area contributed by atoms with E-state index < -0.39 is 10.0 Å². The Morgan fingerprint density at radius 2 is 1.57 bits per heavy atom. The molecule has 8 nitrogen and oxygen atoms in total. The first-order valence-corrected chi connectivity index (χ1v) is 12.0. The van der Waals surface area contributed by atoms with Crippen molar-refractivity contribution in [1.29, 1.82) is 0 Å². The lowest BCUT2D eigenvalue weighted by Crippen LogP contribution is -2.30. The maximum absolute atomic E-state index is 12.5. The average Bonchev–Trinajstić information content (AvgIpc) is 3.09. The molecule has 0 saturated carbocycles. The van der Waals surface area contributed by atoms with E-state index in [1.807, 2.05) is 36.4 Å². The van der Waals surface area contributed by atoms with E-state index in [1.165, 1.54) is 16.1 Å². The number of aromatic nitrogens is 3. The summed E-state index contributed by atoms with van der Waals surface area (Å²) in [6.45, 7) is 0.0464. The second kappa shape index (κ2) is 9.31. The number of hydrogen-bond donors (Lipinski definition) is 0. The van der Waals surface area contributed by atoms with E-state index in [4.69, 9.17) is 0 Å². The van der Waals surface area contributed by atoms with Gasteiger partial charge in [0.15, 0.2) is 11.0 Å². The van der Waals surface area contributed by atoms with Crippen LogP contribution in [0.25, 0.3) is 0 Å². The highest BCUT2D eigenvalue weighted by atomic mass is 32.2. The molecule has 0 unspecified atom stereocenters. The largest absolute Gasteiger partial charge is 0.315 e. The third-order valence-electron chi connectivity index (χ3n) is 4.50. The molecule has 30 heavy (non-hydrogen) atoms. The first-order chi connectivity index (χ1) is 14.3. The number of thioether (sulfide) groups is 1. The van der Waals surface area contributed by atoms with Crippen molar-refractivity contribution in [2.75, 3.05) is 28.3 Å². The van der Waals surface area contributed by atoms with Crippen molar-refractivity contribution >= 4 is 39.1 Å². The summed E-state index contributed by atoms with van der Waals surface area (Å²) in [4.78, 5) is 14.1. The van der Waals surface area contributed by atoms with Crippen LogP contribution >= 0.6 is 11.8 Å². The highest BCUT2D eigenvalue weighted by molar-refractivity contribution is 7.99. The molecule has 0 bridgehead atoms. The lowest BCUT2D eigenvalue weighted by molar-refractivity contribution is -0.115. The number of benzene rings is 2. The zero-order chi connectivity index (χ0) is 21.7. The minimum atomic E-state index is -3.51. The SMILES string of the molecule is CN(C(=O)CSc1nnc(CN(c2ccccc2)S(C)(=O)=O)n1C)c1ccccc1. The quantitative estimate of drug-likeness (QED) is 0.495. The highest BCUT2D eigenvalue weighted by Gasteiger charge is 2.22. The fourth-order valence-electron chi connectivity index (χ4n) is 2.75. The summed E-state index contributed by atoms with van der Waals surface area (Å²) in [7, 11) is -0.0218. The summed E-state index contributed by atoms with van der Waals surface area (Å²) in [6, 6.07) is 18.2. The molecule has 0 aliphatic rings. The van der Waals surface area contributed by atoms with Crippen molar-refractivity contribution in [2.45, 2.75) is 11.7 Å². The molecule has 0 radical (unpaired) electrons. The Labute approximate surface area is 180 Å². The van der Waals surface area contributed by atoms with Gasteiger partial charge in [-0.25, -0.2) is 8.42 Å². The van der Waals surface area contributed by atoms with Crippen LogP contribution in [-0.4, -0.2) is 48.1 Å². The molecule has 0 aliphatic carbocycles. The highest BCUT2D eigenvalue weighted by Crippen LogP contribution is 2.22. The molecule has 3 rings (SSSR count). The molecule has 158 valence electrons. The first kappa shape index (κ1) is 21.8. The average molecular weight is 446 g/mol. The number of hydrogen-bond acceptors (Lipinski definition) is 6. The number of carbonyl (C=O) groups is 1. The van der Waals surface area contributed by atoms with E-state index in [0.29, 0.717) is 16.7 Å². The number of anilines is 2. The number of rotatable bonds is 8. The molecule has 10 heteroatoms. The number of sulfonamides is 1. The minimum absolute atomic E-state index is 0.0464. The van der Waals surface area contributed by atoms with Crippen molar-refractivity contribution in [3.05, 3.63) is 66.5 Å². The molecule has 3 aromatic rings. The van der Waals surface area contributed by atoms with Crippen LogP contribution in [-0.2, 0) is 28.4 Å². The van der Waals surface area contributed by atoms with E-state index in [9.17, 15) is 13.2 Å². The number of nitrogens with zero attached hydrogens (tertiary/aromatic N) is 5. The van der Waals surface area contributed by atoms with Crippen LogP contribution in [0, 0.1) is 0 Å². The van der Waals surface area contributed by atoms with E-state index in [-0.39, 0.29) is 18.2 Å². The second-order valence-corrected chi connectivity index (χ2v) is 9.49. The molecule has 0 aliphatic heterocycles. The first-order valence-electron chi connectivity index (χ1n) is 9.13. The van der Waals surface area contributed by atoms with Gasteiger partial charge in [0.2, 0.25) is 15.9 Å². The van der Waals surface area contributed by atoms with Crippen molar-refractivity contribution in [3.63, 3.8) is 0 Å². The zero-order valence-electron chi connectivity index (χ0n) is 17.0. The Morgan fingerprint density at radius 3 is 2.13 bits per heavy atom. The molecule has 1 aromatic heterocycles. The summed E-state index contributed by atoms with van der Waals surface area (Å²) in [5.74, 6) is 0.597. The van der Waals surface area contributed by atoms with Crippen LogP contribution < -0.4 is 9.21 Å². The van der Waals surface area contributed by atoms with Gasteiger partial charge in [-0.05, 0) is 24.3 Å². The maximum Gasteiger partial charge on any atom is 0.237 e. The van der Waals surface area contributed by atoms with Gasteiger partial charge in [0.1, 0.15) is 0 Å². The Kier molecular flexibility index (Phi) is 6.78. The van der Waals surface area contributed by atoms with Crippen molar-refractivity contribution in [2.24, 2.45) is 7.05 Å². The van der Waals surface area contributed by atoms with Crippen LogP contribution in [0.3, 0.4) is 0 Å². The molecule has 0 N–H and O–H groups in total. The topological polar surface area (TPSA) is 88.4 Å². The summed E-state index contributed by atoms with van der Waals surface area (Å²) in [6.07, 6.45) is 1.16. The van der Waals surface area contributed by atoms with E-state index in [0.717, 1.165) is 11.9 Å². The van der Waals surface area contributed by atoms with Gasteiger partial charge in [0.25, 0.3) is 0 Å². The van der Waals surface area contributed by atoms with Crippen LogP contribution in [0.1, 0.15) is 5.82 Å². The lowest BCUT2D eigenvalue weighted by atomic mass is 10.3. The Hall–Kier alpha value is -2.85. The third-order valence-corrected chi connectivity index (χ3v) is 6.64. The summed E-state index contributed by atoms with van der Waals surface area (Å²) >= 11 is 1.26. The predicted molar refractivity (Wildman–Crippen MR) is 119 cm³/mol. The monoisotopic (exact) mass is 445 g/mol. The Balaban J connectivity index is 1.70. The molecule has 2 aromatic carbocycles. The van der Waals surface area contributed by atoms with Gasteiger partial charge in [-0.3, -0.25) is 9.10 Å². The molecular formula is C20H23N5O3S2. The van der Waals surface area contributed by atoms with Gasteiger partial charge in [0, 0.05) is 19.8 Å². The van der Waals surface area contributed by atoms with E-state index in [1.54, 1.807) is 47.8 Å². The Morgan fingerprint density at radius 1 is 1.00 bits per heavy atom.